The van der Waals surface area contributed by atoms with Crippen LogP contribution >= 0.6 is 12.6 Å². The summed E-state index contributed by atoms with van der Waals surface area (Å²) in [6.07, 6.45) is 0.283. The van der Waals surface area contributed by atoms with Crippen LogP contribution in [0.1, 0.15) is 12.0 Å². The number of hydrogen-bond donors (Lipinski definition) is 2. The first-order chi connectivity index (χ1) is 7.54. The van der Waals surface area contributed by atoms with Crippen LogP contribution in [0.25, 0.3) is 0 Å². The minimum absolute atomic E-state index is 0.00340. The number of nitrogens with one attached hydrogen (secondary N) is 1. The van der Waals surface area contributed by atoms with Crippen LogP contribution in [0.2, 0.25) is 0 Å². The number of benzene rings is 1. The number of aryl methyl sites for hydroxylation is 1. The van der Waals surface area contributed by atoms with Crippen molar-refractivity contribution >= 4 is 29.9 Å². The maximum Gasteiger partial charge on any atom is 0.274 e. The highest BCUT2D eigenvalue weighted by Crippen LogP contribution is 2.22. The Morgan fingerprint density at radius 1 is 1.56 bits per heavy atom. The van der Waals surface area contributed by atoms with Crippen LogP contribution in [0, 0.1) is 17.0 Å². The van der Waals surface area contributed by atoms with Gasteiger partial charge in [0, 0.05) is 23.7 Å². The van der Waals surface area contributed by atoms with Gasteiger partial charge in [-0.25, -0.2) is 0 Å². The van der Waals surface area contributed by atoms with Crippen LogP contribution in [0.4, 0.5) is 11.4 Å². The molecule has 16 heavy (non-hydrogen) atoms. The SMILES string of the molecule is Cc1ccc(NC(=O)CCS)cc1[N+](=O)[O-]. The van der Waals surface area contributed by atoms with Crippen LogP contribution in [-0.4, -0.2) is 16.6 Å². The van der Waals surface area contributed by atoms with Crippen LogP contribution in [-0.2, 0) is 4.79 Å². The summed E-state index contributed by atoms with van der Waals surface area (Å²) in [6.45, 7) is 1.65. The number of carbonyl (C=O) groups excluding carboxylic acids is 1. The first-order valence-corrected chi connectivity index (χ1v) is 5.33. The number of anilines is 1. The summed E-state index contributed by atoms with van der Waals surface area (Å²) in [5, 5.41) is 13.2. The third-order valence-corrected chi connectivity index (χ3v) is 2.25. The van der Waals surface area contributed by atoms with Gasteiger partial charge in [0.25, 0.3) is 5.69 Å². The van der Waals surface area contributed by atoms with Gasteiger partial charge in [0.2, 0.25) is 5.91 Å². The predicted octanol–water partition coefficient (Wildman–Crippen LogP) is 2.16. The maximum absolute atomic E-state index is 11.2. The van der Waals surface area contributed by atoms with Gasteiger partial charge in [0.05, 0.1) is 4.92 Å². The quantitative estimate of drug-likeness (QED) is 0.481. The lowest BCUT2D eigenvalue weighted by molar-refractivity contribution is -0.385. The minimum atomic E-state index is -0.469. The van der Waals surface area contributed by atoms with Crippen LogP contribution in [0.3, 0.4) is 0 Å². The summed E-state index contributed by atoms with van der Waals surface area (Å²) in [7, 11) is 0. The fourth-order valence-corrected chi connectivity index (χ4v) is 1.41. The Balaban J connectivity index is 2.87. The molecule has 1 rings (SSSR count). The standard InChI is InChI=1S/C10H12N2O3S/c1-7-2-3-8(6-9(7)12(14)15)11-10(13)4-5-16/h2-3,6,16H,4-5H2,1H3,(H,11,13). The molecule has 86 valence electrons. The molecule has 0 aromatic heterocycles. The first-order valence-electron chi connectivity index (χ1n) is 4.70. The summed E-state index contributed by atoms with van der Waals surface area (Å²) in [4.78, 5) is 21.4. The number of nitro benzene ring substituents is 1. The van der Waals surface area contributed by atoms with Gasteiger partial charge in [-0.3, -0.25) is 14.9 Å². The van der Waals surface area contributed by atoms with Crippen molar-refractivity contribution in [2.45, 2.75) is 13.3 Å². The Kier molecular flexibility index (Phi) is 4.30. The molecule has 0 saturated heterocycles. The average molecular weight is 240 g/mol. The first kappa shape index (κ1) is 12.5. The van der Waals surface area contributed by atoms with Crippen LogP contribution < -0.4 is 5.32 Å². The fourth-order valence-electron chi connectivity index (χ4n) is 1.21. The molecule has 1 aromatic rings. The number of amides is 1. The molecule has 1 N–H and O–H groups in total. The summed E-state index contributed by atoms with van der Waals surface area (Å²) in [5.74, 6) is 0.243. The van der Waals surface area contributed by atoms with Gasteiger partial charge in [-0.1, -0.05) is 6.07 Å². The third-order valence-electron chi connectivity index (χ3n) is 2.03. The van der Waals surface area contributed by atoms with Crippen molar-refractivity contribution in [1.82, 2.24) is 0 Å². The molecule has 0 spiro atoms. The molecule has 0 aliphatic carbocycles. The van der Waals surface area contributed by atoms with E-state index in [0.29, 0.717) is 17.0 Å². The minimum Gasteiger partial charge on any atom is -0.326 e. The van der Waals surface area contributed by atoms with E-state index >= 15 is 0 Å². The van der Waals surface area contributed by atoms with Gasteiger partial charge in [-0.2, -0.15) is 12.6 Å². The zero-order chi connectivity index (χ0) is 12.1. The highest BCUT2D eigenvalue weighted by atomic mass is 32.1. The molecular weight excluding hydrogens is 228 g/mol. The van der Waals surface area contributed by atoms with Gasteiger partial charge in [-0.05, 0) is 18.7 Å². The molecule has 0 bridgehead atoms. The lowest BCUT2D eigenvalue weighted by atomic mass is 10.2. The molecule has 0 radical (unpaired) electrons. The van der Waals surface area contributed by atoms with E-state index in [1.54, 1.807) is 19.1 Å². The van der Waals surface area contributed by atoms with E-state index in [0.717, 1.165) is 0 Å². The van der Waals surface area contributed by atoms with Gasteiger partial charge < -0.3 is 5.32 Å². The van der Waals surface area contributed by atoms with Crippen molar-refractivity contribution in [3.8, 4) is 0 Å². The summed E-state index contributed by atoms with van der Waals surface area (Å²) in [6, 6.07) is 4.60. The van der Waals surface area contributed by atoms with E-state index < -0.39 is 4.92 Å². The maximum atomic E-state index is 11.2. The van der Waals surface area contributed by atoms with E-state index in [4.69, 9.17) is 0 Å². The van der Waals surface area contributed by atoms with Crippen molar-refractivity contribution < 1.29 is 9.72 Å². The molecule has 0 aliphatic heterocycles. The van der Waals surface area contributed by atoms with Crippen LogP contribution in [0.15, 0.2) is 18.2 Å². The summed E-state index contributed by atoms with van der Waals surface area (Å²) >= 11 is 3.93. The van der Waals surface area contributed by atoms with Gasteiger partial charge in [0.1, 0.15) is 0 Å². The Labute approximate surface area is 98.4 Å². The lowest BCUT2D eigenvalue weighted by Gasteiger charge is -2.04. The normalized spacial score (nSPS) is 9.88. The summed E-state index contributed by atoms with van der Waals surface area (Å²) in [5.41, 5.74) is 1.00. The number of nitro groups is 1. The Bertz CT molecular complexity index is 421. The topological polar surface area (TPSA) is 72.2 Å². The Hall–Kier alpha value is -1.56. The largest absolute Gasteiger partial charge is 0.326 e. The van der Waals surface area contributed by atoms with Crippen molar-refractivity contribution in [2.75, 3.05) is 11.1 Å². The van der Waals surface area contributed by atoms with Crippen molar-refractivity contribution in [3.05, 3.63) is 33.9 Å². The number of nitrogens with zero attached hydrogens (tertiary/aromatic N) is 1. The highest BCUT2D eigenvalue weighted by Gasteiger charge is 2.11. The van der Waals surface area contributed by atoms with Crippen molar-refractivity contribution in [3.63, 3.8) is 0 Å². The van der Waals surface area contributed by atoms with E-state index in [1.165, 1.54) is 6.07 Å². The van der Waals surface area contributed by atoms with E-state index in [9.17, 15) is 14.9 Å². The van der Waals surface area contributed by atoms with Gasteiger partial charge >= 0.3 is 0 Å². The molecule has 0 atom stereocenters. The molecule has 0 saturated carbocycles. The molecule has 0 heterocycles. The van der Waals surface area contributed by atoms with Crippen LogP contribution in [0.5, 0.6) is 0 Å². The van der Waals surface area contributed by atoms with Crippen molar-refractivity contribution in [2.24, 2.45) is 0 Å². The second kappa shape index (κ2) is 5.50. The number of carbonyl (C=O) groups is 1. The molecule has 6 heteroatoms. The second-order valence-electron chi connectivity index (χ2n) is 3.28. The predicted molar refractivity (Wildman–Crippen MR) is 64.9 cm³/mol. The monoisotopic (exact) mass is 240 g/mol. The smallest absolute Gasteiger partial charge is 0.274 e. The molecule has 1 amide bonds. The molecule has 0 aliphatic rings. The Morgan fingerprint density at radius 3 is 2.81 bits per heavy atom. The van der Waals surface area contributed by atoms with E-state index in [2.05, 4.69) is 17.9 Å². The molecule has 0 unspecified atom stereocenters. The zero-order valence-corrected chi connectivity index (χ0v) is 9.66. The average Bonchev–Trinajstić information content (AvgIpc) is 2.21. The number of thiol groups is 1. The molecule has 5 nitrogen and oxygen atoms in total. The molecular formula is C10H12N2O3S. The van der Waals surface area contributed by atoms with E-state index in [-0.39, 0.29) is 18.0 Å². The third kappa shape index (κ3) is 3.23. The highest BCUT2D eigenvalue weighted by molar-refractivity contribution is 7.80. The zero-order valence-electron chi connectivity index (χ0n) is 8.77. The number of hydrogen-bond acceptors (Lipinski definition) is 4. The fraction of sp³-hybridized carbons (Fsp3) is 0.300. The molecule has 0 fully saturated rings. The summed E-state index contributed by atoms with van der Waals surface area (Å²) < 4.78 is 0. The van der Waals surface area contributed by atoms with Crippen molar-refractivity contribution in [1.29, 1.82) is 0 Å². The molecule has 1 aromatic carbocycles. The Morgan fingerprint density at radius 2 is 2.25 bits per heavy atom. The lowest BCUT2D eigenvalue weighted by Crippen LogP contribution is -2.11. The number of rotatable bonds is 4. The van der Waals surface area contributed by atoms with Gasteiger partial charge in [-0.15, -0.1) is 0 Å². The van der Waals surface area contributed by atoms with Gasteiger partial charge in [0.15, 0.2) is 0 Å². The second-order valence-corrected chi connectivity index (χ2v) is 3.73. The van der Waals surface area contributed by atoms with E-state index in [1.807, 2.05) is 0 Å².